The molecule has 0 spiro atoms. The van der Waals surface area contributed by atoms with E-state index in [9.17, 15) is 4.79 Å². The van der Waals surface area contributed by atoms with Gasteiger partial charge in [-0.15, -0.1) is 0 Å². The van der Waals surface area contributed by atoms with E-state index in [2.05, 4.69) is 20.9 Å². The molecule has 0 bridgehead atoms. The summed E-state index contributed by atoms with van der Waals surface area (Å²) in [5.41, 5.74) is 2.11. The van der Waals surface area contributed by atoms with Crippen molar-refractivity contribution in [2.24, 2.45) is 0 Å². The highest BCUT2D eigenvalue weighted by atomic mass is 79.9. The van der Waals surface area contributed by atoms with Crippen LogP contribution in [0.4, 0.5) is 0 Å². The number of carbonyl (C=O) groups is 1. The third-order valence-corrected chi connectivity index (χ3v) is 2.91. The van der Waals surface area contributed by atoms with Crippen LogP contribution in [-0.4, -0.2) is 16.1 Å². The Morgan fingerprint density at radius 2 is 2.18 bits per heavy atom. The fourth-order valence-corrected chi connectivity index (χ4v) is 1.99. The van der Waals surface area contributed by atoms with Crippen LogP contribution in [0.3, 0.4) is 0 Å². The number of hydrogen-bond acceptors (Lipinski definition) is 2. The van der Waals surface area contributed by atoms with E-state index in [1.54, 1.807) is 18.5 Å². The molecule has 86 valence electrons. The molecule has 1 aromatic carbocycles. The average molecular weight is 292 g/mol. The van der Waals surface area contributed by atoms with Gasteiger partial charge in [-0.1, -0.05) is 28.1 Å². The van der Waals surface area contributed by atoms with Gasteiger partial charge < -0.3 is 5.11 Å². The molecule has 0 radical (unpaired) electrons. The van der Waals surface area contributed by atoms with Crippen LogP contribution in [-0.2, 0) is 6.42 Å². The van der Waals surface area contributed by atoms with Gasteiger partial charge in [-0.2, -0.15) is 0 Å². The molecule has 0 fully saturated rings. The first kappa shape index (κ1) is 11.8. The molecular formula is C13H10BrNO2. The third kappa shape index (κ3) is 2.91. The summed E-state index contributed by atoms with van der Waals surface area (Å²) < 4.78 is 0.768. The van der Waals surface area contributed by atoms with Crippen LogP contribution < -0.4 is 0 Å². The highest BCUT2D eigenvalue weighted by Gasteiger charge is 2.10. The minimum atomic E-state index is -0.912. The molecule has 3 nitrogen and oxygen atoms in total. The molecule has 0 aliphatic rings. The van der Waals surface area contributed by atoms with E-state index in [0.29, 0.717) is 12.0 Å². The van der Waals surface area contributed by atoms with E-state index in [-0.39, 0.29) is 0 Å². The number of aromatic carboxylic acids is 1. The van der Waals surface area contributed by atoms with Crippen molar-refractivity contribution in [3.63, 3.8) is 0 Å². The zero-order valence-corrected chi connectivity index (χ0v) is 10.5. The van der Waals surface area contributed by atoms with Crippen LogP contribution in [0.2, 0.25) is 0 Å². The lowest BCUT2D eigenvalue weighted by Crippen LogP contribution is -2.03. The molecule has 0 amide bonds. The maximum absolute atomic E-state index is 11.1. The lowest BCUT2D eigenvalue weighted by Gasteiger charge is -2.06. The van der Waals surface area contributed by atoms with Crippen molar-refractivity contribution in [2.45, 2.75) is 6.42 Å². The van der Waals surface area contributed by atoms with Crippen LogP contribution in [0.15, 0.2) is 47.2 Å². The van der Waals surface area contributed by atoms with Gasteiger partial charge in [0.05, 0.1) is 5.56 Å². The molecule has 0 saturated carbocycles. The summed E-state index contributed by atoms with van der Waals surface area (Å²) in [6.45, 7) is 0. The summed E-state index contributed by atoms with van der Waals surface area (Å²) in [6, 6.07) is 9.06. The highest BCUT2D eigenvalue weighted by molar-refractivity contribution is 9.10. The first-order valence-corrected chi connectivity index (χ1v) is 5.87. The Balaban J connectivity index is 2.36. The van der Waals surface area contributed by atoms with Crippen LogP contribution in [0.1, 0.15) is 21.5 Å². The fraction of sp³-hybridized carbons (Fsp3) is 0.0769. The minimum absolute atomic E-state index is 0.322. The molecule has 1 N–H and O–H groups in total. The van der Waals surface area contributed by atoms with Crippen molar-refractivity contribution < 1.29 is 9.90 Å². The molecule has 0 aliphatic carbocycles. The number of nitrogens with zero attached hydrogens (tertiary/aromatic N) is 1. The predicted octanol–water partition coefficient (Wildman–Crippen LogP) is 3.13. The molecule has 1 heterocycles. The average Bonchev–Trinajstić information content (AvgIpc) is 2.32. The fourth-order valence-electron chi connectivity index (χ4n) is 1.62. The van der Waals surface area contributed by atoms with Crippen LogP contribution in [0.5, 0.6) is 0 Å². The summed E-state index contributed by atoms with van der Waals surface area (Å²) in [5, 5.41) is 9.13. The molecule has 2 rings (SSSR count). The summed E-state index contributed by atoms with van der Waals surface area (Å²) in [5.74, 6) is -0.912. The van der Waals surface area contributed by atoms with Gasteiger partial charge in [-0.05, 0) is 35.7 Å². The van der Waals surface area contributed by atoms with Gasteiger partial charge in [-0.3, -0.25) is 4.98 Å². The second kappa shape index (κ2) is 5.10. The number of hydrogen-bond donors (Lipinski definition) is 1. The molecule has 2 aromatic rings. The van der Waals surface area contributed by atoms with Crippen molar-refractivity contribution in [2.75, 3.05) is 0 Å². The maximum atomic E-state index is 11.1. The second-order valence-corrected chi connectivity index (χ2v) is 4.56. The molecule has 0 saturated heterocycles. The standard InChI is InChI=1S/C13H10BrNO2/c14-11-4-3-10(12(7-11)13(16)17)6-9-2-1-5-15-8-9/h1-5,7-8H,6H2,(H,16,17). The Morgan fingerprint density at radius 1 is 1.35 bits per heavy atom. The second-order valence-electron chi connectivity index (χ2n) is 3.64. The molecule has 0 aliphatic heterocycles. The quantitative estimate of drug-likeness (QED) is 0.945. The van der Waals surface area contributed by atoms with Crippen molar-refractivity contribution in [1.82, 2.24) is 4.98 Å². The zero-order valence-electron chi connectivity index (χ0n) is 8.93. The number of benzene rings is 1. The summed E-state index contributed by atoms with van der Waals surface area (Å²) in [4.78, 5) is 15.1. The van der Waals surface area contributed by atoms with E-state index in [1.165, 1.54) is 0 Å². The first-order chi connectivity index (χ1) is 8.16. The number of carboxylic acids is 1. The summed E-state index contributed by atoms with van der Waals surface area (Å²) in [6.07, 6.45) is 4.01. The Kier molecular flexibility index (Phi) is 3.54. The monoisotopic (exact) mass is 291 g/mol. The molecular weight excluding hydrogens is 282 g/mol. The summed E-state index contributed by atoms with van der Waals surface area (Å²) >= 11 is 3.27. The van der Waals surface area contributed by atoms with E-state index in [1.807, 2.05) is 24.3 Å². The van der Waals surface area contributed by atoms with Crippen molar-refractivity contribution in [1.29, 1.82) is 0 Å². The third-order valence-electron chi connectivity index (χ3n) is 2.42. The van der Waals surface area contributed by atoms with Gasteiger partial charge in [0, 0.05) is 16.9 Å². The maximum Gasteiger partial charge on any atom is 0.336 e. The van der Waals surface area contributed by atoms with E-state index < -0.39 is 5.97 Å². The van der Waals surface area contributed by atoms with E-state index >= 15 is 0 Å². The Bertz CT molecular complexity index is 540. The normalized spacial score (nSPS) is 10.2. The smallest absolute Gasteiger partial charge is 0.336 e. The lowest BCUT2D eigenvalue weighted by molar-refractivity contribution is 0.0696. The molecule has 4 heteroatoms. The van der Waals surface area contributed by atoms with Crippen LogP contribution in [0, 0.1) is 0 Å². The Labute approximate surface area is 107 Å². The Morgan fingerprint density at radius 3 is 2.82 bits per heavy atom. The van der Waals surface area contributed by atoms with Crippen molar-refractivity contribution >= 4 is 21.9 Å². The topological polar surface area (TPSA) is 50.2 Å². The van der Waals surface area contributed by atoms with Gasteiger partial charge in [0.2, 0.25) is 0 Å². The number of halogens is 1. The SMILES string of the molecule is O=C(O)c1cc(Br)ccc1Cc1cccnc1. The molecule has 0 atom stereocenters. The largest absolute Gasteiger partial charge is 0.478 e. The number of aromatic nitrogens is 1. The number of rotatable bonds is 3. The van der Waals surface area contributed by atoms with Gasteiger partial charge in [0.1, 0.15) is 0 Å². The van der Waals surface area contributed by atoms with Crippen molar-refractivity contribution in [3.05, 3.63) is 63.9 Å². The van der Waals surface area contributed by atoms with Gasteiger partial charge in [0.15, 0.2) is 0 Å². The van der Waals surface area contributed by atoms with Crippen LogP contribution in [0.25, 0.3) is 0 Å². The van der Waals surface area contributed by atoms with Gasteiger partial charge in [0.25, 0.3) is 0 Å². The number of carboxylic acid groups (broad SMARTS) is 1. The Hall–Kier alpha value is -1.68. The summed E-state index contributed by atoms with van der Waals surface area (Å²) in [7, 11) is 0. The van der Waals surface area contributed by atoms with Crippen LogP contribution >= 0.6 is 15.9 Å². The van der Waals surface area contributed by atoms with Gasteiger partial charge in [-0.25, -0.2) is 4.79 Å². The zero-order chi connectivity index (χ0) is 12.3. The molecule has 17 heavy (non-hydrogen) atoms. The van der Waals surface area contributed by atoms with E-state index in [4.69, 9.17) is 5.11 Å². The highest BCUT2D eigenvalue weighted by Crippen LogP contribution is 2.19. The van der Waals surface area contributed by atoms with Gasteiger partial charge >= 0.3 is 5.97 Å². The predicted molar refractivity (Wildman–Crippen MR) is 68.1 cm³/mol. The van der Waals surface area contributed by atoms with Crippen molar-refractivity contribution in [3.8, 4) is 0 Å². The molecule has 0 unspecified atom stereocenters. The lowest BCUT2D eigenvalue weighted by atomic mass is 10.0. The van der Waals surface area contributed by atoms with E-state index in [0.717, 1.165) is 15.6 Å². The minimum Gasteiger partial charge on any atom is -0.478 e. The number of pyridine rings is 1. The molecule has 1 aromatic heterocycles. The first-order valence-electron chi connectivity index (χ1n) is 5.07.